The van der Waals surface area contributed by atoms with E-state index >= 15 is 0 Å². The Kier molecular flexibility index (Phi) is 2.89. The van der Waals surface area contributed by atoms with E-state index in [1.54, 1.807) is 0 Å². The smallest absolute Gasteiger partial charge is 0.181 e. The van der Waals surface area contributed by atoms with Crippen LogP contribution >= 0.6 is 0 Å². The fourth-order valence-corrected chi connectivity index (χ4v) is 3.19. The van der Waals surface area contributed by atoms with Gasteiger partial charge in [0.1, 0.15) is 0 Å². The Balaban J connectivity index is 1.82. The molecule has 0 amide bonds. The van der Waals surface area contributed by atoms with Crippen molar-refractivity contribution in [1.82, 2.24) is 19.8 Å². The van der Waals surface area contributed by atoms with Crippen molar-refractivity contribution in [2.75, 3.05) is 11.4 Å². The summed E-state index contributed by atoms with van der Waals surface area (Å²) in [6.45, 7) is 8.08. The van der Waals surface area contributed by atoms with Crippen molar-refractivity contribution in [3.63, 3.8) is 0 Å². The van der Waals surface area contributed by atoms with Gasteiger partial charge in [0, 0.05) is 24.2 Å². The van der Waals surface area contributed by atoms with E-state index in [9.17, 15) is 0 Å². The van der Waals surface area contributed by atoms with E-state index in [4.69, 9.17) is 5.10 Å². The highest BCUT2D eigenvalue weighted by atomic mass is 15.4. The molecule has 3 aromatic rings. The maximum Gasteiger partial charge on any atom is 0.181 e. The van der Waals surface area contributed by atoms with Gasteiger partial charge in [-0.05, 0) is 38.3 Å². The molecule has 5 heteroatoms. The van der Waals surface area contributed by atoms with Crippen LogP contribution < -0.4 is 4.90 Å². The van der Waals surface area contributed by atoms with Crippen LogP contribution in [0.5, 0.6) is 0 Å². The van der Waals surface area contributed by atoms with Crippen LogP contribution in [0.15, 0.2) is 24.3 Å². The zero-order valence-corrected chi connectivity index (χ0v) is 13.2. The highest BCUT2D eigenvalue weighted by molar-refractivity contribution is 5.60. The molecule has 1 aliphatic heterocycles. The van der Waals surface area contributed by atoms with E-state index in [0.717, 1.165) is 42.4 Å². The van der Waals surface area contributed by atoms with Crippen LogP contribution in [0.4, 0.5) is 5.82 Å². The number of anilines is 1. The lowest BCUT2D eigenvalue weighted by atomic mass is 9.99. The van der Waals surface area contributed by atoms with Gasteiger partial charge in [-0.2, -0.15) is 4.52 Å². The Hall–Kier alpha value is -2.43. The second-order valence-electron chi connectivity index (χ2n) is 6.00. The summed E-state index contributed by atoms with van der Waals surface area (Å²) in [6, 6.07) is 8.67. The van der Waals surface area contributed by atoms with E-state index in [0.29, 0.717) is 0 Å². The van der Waals surface area contributed by atoms with Crippen molar-refractivity contribution < 1.29 is 0 Å². The predicted octanol–water partition coefficient (Wildman–Crippen LogP) is 2.61. The third-order valence-electron chi connectivity index (χ3n) is 4.65. The number of hydrogen-bond donors (Lipinski definition) is 0. The first-order valence-corrected chi connectivity index (χ1v) is 7.66. The zero-order chi connectivity index (χ0) is 15.3. The van der Waals surface area contributed by atoms with E-state index in [2.05, 4.69) is 53.2 Å². The molecule has 1 aromatic carbocycles. The summed E-state index contributed by atoms with van der Waals surface area (Å²) in [6.07, 6.45) is 1.07. The van der Waals surface area contributed by atoms with Crippen LogP contribution in [-0.4, -0.2) is 26.4 Å². The van der Waals surface area contributed by atoms with Gasteiger partial charge in [-0.1, -0.05) is 24.3 Å². The van der Waals surface area contributed by atoms with E-state index < -0.39 is 0 Å². The third kappa shape index (κ3) is 1.89. The van der Waals surface area contributed by atoms with Crippen molar-refractivity contribution in [2.24, 2.45) is 0 Å². The van der Waals surface area contributed by atoms with Gasteiger partial charge in [-0.25, -0.2) is 0 Å². The molecule has 0 N–H and O–H groups in total. The molecule has 0 saturated carbocycles. The molecule has 0 atom stereocenters. The van der Waals surface area contributed by atoms with E-state index in [-0.39, 0.29) is 0 Å². The van der Waals surface area contributed by atoms with Crippen LogP contribution in [0.2, 0.25) is 0 Å². The van der Waals surface area contributed by atoms with Crippen LogP contribution in [-0.2, 0) is 13.0 Å². The summed E-state index contributed by atoms with van der Waals surface area (Å²) in [5, 5.41) is 13.2. The molecule has 0 bridgehead atoms. The van der Waals surface area contributed by atoms with Crippen molar-refractivity contribution >= 4 is 11.5 Å². The van der Waals surface area contributed by atoms with Crippen LogP contribution in [0.3, 0.4) is 0 Å². The standard InChI is InChI=1S/C17H19N5/c1-11-12(2)17(20-22-13(3)18-19-16(11)22)21-9-8-14-6-4-5-7-15(14)10-21/h4-7H,8-10H2,1-3H3. The summed E-state index contributed by atoms with van der Waals surface area (Å²) in [5.74, 6) is 1.87. The molecule has 0 radical (unpaired) electrons. The molecule has 112 valence electrons. The summed E-state index contributed by atoms with van der Waals surface area (Å²) in [4.78, 5) is 2.36. The lowest BCUT2D eigenvalue weighted by molar-refractivity contribution is 0.700. The number of benzene rings is 1. The largest absolute Gasteiger partial charge is 0.350 e. The third-order valence-corrected chi connectivity index (χ3v) is 4.65. The number of rotatable bonds is 1. The maximum absolute atomic E-state index is 4.81. The van der Waals surface area contributed by atoms with E-state index in [1.165, 1.54) is 16.7 Å². The second-order valence-corrected chi connectivity index (χ2v) is 6.00. The number of nitrogens with zero attached hydrogens (tertiary/aromatic N) is 5. The van der Waals surface area contributed by atoms with Gasteiger partial charge in [0.05, 0.1) is 0 Å². The molecule has 0 saturated heterocycles. The number of hydrogen-bond acceptors (Lipinski definition) is 4. The molecule has 0 spiro atoms. The minimum atomic E-state index is 0.830. The van der Waals surface area contributed by atoms with Gasteiger partial charge in [0.2, 0.25) is 0 Å². The molecule has 4 rings (SSSR count). The number of aryl methyl sites for hydroxylation is 2. The lowest BCUT2D eigenvalue weighted by Crippen LogP contribution is -2.32. The molecule has 0 unspecified atom stereocenters. The predicted molar refractivity (Wildman–Crippen MR) is 86.2 cm³/mol. The molecule has 1 aliphatic rings. The topological polar surface area (TPSA) is 46.3 Å². The minimum absolute atomic E-state index is 0.830. The average molecular weight is 293 g/mol. The average Bonchev–Trinajstić information content (AvgIpc) is 2.91. The summed E-state index contributed by atoms with van der Waals surface area (Å²) in [7, 11) is 0. The van der Waals surface area contributed by atoms with Crippen molar-refractivity contribution in [1.29, 1.82) is 0 Å². The Bertz CT molecular complexity index is 865. The zero-order valence-electron chi connectivity index (χ0n) is 13.2. The first-order chi connectivity index (χ1) is 10.6. The normalized spacial score (nSPS) is 14.4. The summed E-state index contributed by atoms with van der Waals surface area (Å²) >= 11 is 0. The van der Waals surface area contributed by atoms with Gasteiger partial charge < -0.3 is 4.90 Å². The van der Waals surface area contributed by atoms with Crippen LogP contribution in [0.1, 0.15) is 28.1 Å². The summed E-state index contributed by atoms with van der Waals surface area (Å²) < 4.78 is 1.86. The molecule has 22 heavy (non-hydrogen) atoms. The molecule has 0 aliphatic carbocycles. The van der Waals surface area contributed by atoms with Gasteiger partial charge in [-0.15, -0.1) is 15.3 Å². The van der Waals surface area contributed by atoms with Crippen LogP contribution in [0.25, 0.3) is 5.65 Å². The fraction of sp³-hybridized carbons (Fsp3) is 0.353. The second kappa shape index (κ2) is 4.80. The van der Waals surface area contributed by atoms with Gasteiger partial charge >= 0.3 is 0 Å². The summed E-state index contributed by atoms with van der Waals surface area (Å²) in [5.41, 5.74) is 6.06. The Morgan fingerprint density at radius 1 is 0.955 bits per heavy atom. The Morgan fingerprint density at radius 3 is 2.55 bits per heavy atom. The van der Waals surface area contributed by atoms with Gasteiger partial charge in [0.25, 0.3) is 0 Å². The first kappa shape index (κ1) is 13.2. The highest BCUT2D eigenvalue weighted by Crippen LogP contribution is 2.28. The molecule has 3 heterocycles. The molecular formula is C17H19N5. The van der Waals surface area contributed by atoms with Crippen molar-refractivity contribution in [3.05, 3.63) is 52.3 Å². The quantitative estimate of drug-likeness (QED) is 0.692. The maximum atomic E-state index is 4.81. The Morgan fingerprint density at radius 2 is 1.73 bits per heavy atom. The molecule has 2 aromatic heterocycles. The Labute approximate surface area is 129 Å². The highest BCUT2D eigenvalue weighted by Gasteiger charge is 2.21. The van der Waals surface area contributed by atoms with Crippen LogP contribution in [0, 0.1) is 20.8 Å². The van der Waals surface area contributed by atoms with Gasteiger partial charge in [-0.3, -0.25) is 0 Å². The van der Waals surface area contributed by atoms with Gasteiger partial charge in [0.15, 0.2) is 17.3 Å². The minimum Gasteiger partial charge on any atom is -0.350 e. The molecule has 5 nitrogen and oxygen atoms in total. The monoisotopic (exact) mass is 293 g/mol. The lowest BCUT2D eigenvalue weighted by Gasteiger charge is -2.31. The van der Waals surface area contributed by atoms with E-state index in [1.807, 2.05) is 11.4 Å². The number of aromatic nitrogens is 4. The number of fused-ring (bicyclic) bond motifs is 2. The SMILES string of the molecule is Cc1c(N2CCc3ccccc3C2)nn2c(C)nnc2c1C. The van der Waals surface area contributed by atoms with Crippen molar-refractivity contribution in [3.8, 4) is 0 Å². The molecular weight excluding hydrogens is 274 g/mol. The fourth-order valence-electron chi connectivity index (χ4n) is 3.19. The van der Waals surface area contributed by atoms with Crippen molar-refractivity contribution in [2.45, 2.75) is 33.7 Å². The molecule has 0 fully saturated rings. The first-order valence-electron chi connectivity index (χ1n) is 7.66.